The molecule has 1 aromatic rings. The predicted octanol–water partition coefficient (Wildman–Crippen LogP) is 0.788. The standard InChI is InChI=1S/C13H19NO3S/c1-13(15,12-5-6-18(16,17)9-12)11-4-2-3-10(7-11)8-14/h2-4,7,12,15H,5-6,8-9,14H2,1H3. The maximum absolute atomic E-state index is 11.5. The summed E-state index contributed by atoms with van der Waals surface area (Å²) in [6.07, 6.45) is 0.516. The number of rotatable bonds is 3. The zero-order valence-corrected chi connectivity index (χ0v) is 11.3. The Morgan fingerprint density at radius 1 is 1.50 bits per heavy atom. The van der Waals surface area contributed by atoms with Gasteiger partial charge in [-0.2, -0.15) is 0 Å². The Labute approximate surface area is 108 Å². The quantitative estimate of drug-likeness (QED) is 0.850. The Morgan fingerprint density at radius 2 is 2.22 bits per heavy atom. The van der Waals surface area contributed by atoms with Gasteiger partial charge >= 0.3 is 0 Å². The van der Waals surface area contributed by atoms with Crippen LogP contribution < -0.4 is 5.73 Å². The van der Waals surface area contributed by atoms with Gasteiger partial charge < -0.3 is 10.8 Å². The summed E-state index contributed by atoms with van der Waals surface area (Å²) in [6.45, 7) is 2.10. The molecule has 18 heavy (non-hydrogen) atoms. The van der Waals surface area contributed by atoms with Crippen molar-refractivity contribution < 1.29 is 13.5 Å². The number of benzene rings is 1. The lowest BCUT2D eigenvalue weighted by Gasteiger charge is -2.30. The minimum atomic E-state index is -2.99. The summed E-state index contributed by atoms with van der Waals surface area (Å²) in [4.78, 5) is 0. The topological polar surface area (TPSA) is 80.4 Å². The number of aliphatic hydroxyl groups is 1. The summed E-state index contributed by atoms with van der Waals surface area (Å²) in [5.41, 5.74) is 6.15. The first-order valence-corrected chi connectivity index (χ1v) is 7.89. The average molecular weight is 269 g/mol. The zero-order chi connectivity index (χ0) is 13.4. The molecule has 2 atom stereocenters. The van der Waals surface area contributed by atoms with E-state index in [4.69, 9.17) is 5.73 Å². The van der Waals surface area contributed by atoms with Gasteiger partial charge in [0.05, 0.1) is 17.1 Å². The van der Waals surface area contributed by atoms with Crippen LogP contribution >= 0.6 is 0 Å². The molecule has 3 N–H and O–H groups in total. The van der Waals surface area contributed by atoms with Crippen molar-refractivity contribution in [2.75, 3.05) is 11.5 Å². The normalized spacial score (nSPS) is 25.8. The minimum absolute atomic E-state index is 0.0624. The molecule has 4 nitrogen and oxygen atoms in total. The third-order valence-corrected chi connectivity index (χ3v) is 5.54. The van der Waals surface area contributed by atoms with Crippen molar-refractivity contribution >= 4 is 9.84 Å². The minimum Gasteiger partial charge on any atom is -0.385 e. The van der Waals surface area contributed by atoms with Crippen LogP contribution in [0.3, 0.4) is 0 Å². The smallest absolute Gasteiger partial charge is 0.150 e. The van der Waals surface area contributed by atoms with Crippen LogP contribution in [0.15, 0.2) is 24.3 Å². The predicted molar refractivity (Wildman–Crippen MR) is 70.7 cm³/mol. The van der Waals surface area contributed by atoms with E-state index in [9.17, 15) is 13.5 Å². The van der Waals surface area contributed by atoms with Crippen LogP contribution in [0.5, 0.6) is 0 Å². The molecule has 2 rings (SSSR count). The fourth-order valence-corrected chi connectivity index (χ4v) is 4.40. The molecule has 0 spiro atoms. The lowest BCUT2D eigenvalue weighted by Crippen LogP contribution is -2.32. The molecule has 0 aromatic heterocycles. The molecule has 1 fully saturated rings. The molecule has 5 heteroatoms. The van der Waals surface area contributed by atoms with Gasteiger partial charge in [0.1, 0.15) is 0 Å². The van der Waals surface area contributed by atoms with E-state index < -0.39 is 15.4 Å². The molecular formula is C13H19NO3S. The molecule has 0 bridgehead atoms. The van der Waals surface area contributed by atoms with Gasteiger partial charge in [-0.15, -0.1) is 0 Å². The molecule has 1 saturated heterocycles. The molecule has 0 saturated carbocycles. The first kappa shape index (κ1) is 13.5. The van der Waals surface area contributed by atoms with E-state index in [0.29, 0.717) is 13.0 Å². The third-order valence-electron chi connectivity index (χ3n) is 3.77. The van der Waals surface area contributed by atoms with Crippen LogP contribution in [-0.2, 0) is 22.0 Å². The molecule has 0 radical (unpaired) electrons. The number of sulfone groups is 1. The lowest BCUT2D eigenvalue weighted by molar-refractivity contribution is 0.00446. The van der Waals surface area contributed by atoms with Crippen LogP contribution in [0.25, 0.3) is 0 Å². The Balaban J connectivity index is 2.30. The van der Waals surface area contributed by atoms with E-state index in [2.05, 4.69) is 0 Å². The van der Waals surface area contributed by atoms with Crippen molar-refractivity contribution in [3.63, 3.8) is 0 Å². The highest BCUT2D eigenvalue weighted by atomic mass is 32.2. The maximum Gasteiger partial charge on any atom is 0.150 e. The number of hydrogen-bond acceptors (Lipinski definition) is 4. The van der Waals surface area contributed by atoms with Gasteiger partial charge in [0.25, 0.3) is 0 Å². The van der Waals surface area contributed by atoms with Crippen molar-refractivity contribution in [2.24, 2.45) is 11.7 Å². The fourth-order valence-electron chi connectivity index (χ4n) is 2.49. The second kappa shape index (κ2) is 4.64. The molecule has 1 heterocycles. The molecule has 1 aromatic carbocycles. The average Bonchev–Trinajstić information content (AvgIpc) is 2.70. The summed E-state index contributed by atoms with van der Waals surface area (Å²) < 4.78 is 23.0. The fraction of sp³-hybridized carbons (Fsp3) is 0.538. The van der Waals surface area contributed by atoms with Crippen molar-refractivity contribution in [1.82, 2.24) is 0 Å². The van der Waals surface area contributed by atoms with Crippen molar-refractivity contribution in [3.05, 3.63) is 35.4 Å². The zero-order valence-electron chi connectivity index (χ0n) is 10.5. The highest BCUT2D eigenvalue weighted by Gasteiger charge is 2.41. The second-order valence-corrected chi connectivity index (χ2v) is 7.38. The summed E-state index contributed by atoms with van der Waals surface area (Å²) in [6, 6.07) is 7.41. The van der Waals surface area contributed by atoms with Crippen LogP contribution in [-0.4, -0.2) is 25.0 Å². The van der Waals surface area contributed by atoms with Crippen LogP contribution in [0.2, 0.25) is 0 Å². The van der Waals surface area contributed by atoms with E-state index in [1.807, 2.05) is 24.3 Å². The van der Waals surface area contributed by atoms with Crippen LogP contribution in [0, 0.1) is 5.92 Å². The van der Waals surface area contributed by atoms with Crippen molar-refractivity contribution in [3.8, 4) is 0 Å². The van der Waals surface area contributed by atoms with E-state index in [1.165, 1.54) is 0 Å². The second-order valence-electron chi connectivity index (χ2n) is 5.15. The van der Waals surface area contributed by atoms with Gasteiger partial charge in [-0.1, -0.05) is 24.3 Å². The van der Waals surface area contributed by atoms with E-state index in [-0.39, 0.29) is 17.4 Å². The van der Waals surface area contributed by atoms with E-state index in [1.54, 1.807) is 6.92 Å². The summed E-state index contributed by atoms with van der Waals surface area (Å²) in [5.74, 6) is -0.00687. The molecule has 1 aliphatic heterocycles. The van der Waals surface area contributed by atoms with Gasteiger partial charge in [-0.05, 0) is 24.5 Å². The van der Waals surface area contributed by atoms with E-state index in [0.717, 1.165) is 11.1 Å². The Kier molecular flexibility index (Phi) is 3.49. The Hall–Kier alpha value is -0.910. The Bertz CT molecular complexity index is 537. The van der Waals surface area contributed by atoms with Gasteiger partial charge in [0, 0.05) is 12.5 Å². The van der Waals surface area contributed by atoms with Gasteiger partial charge in [0.15, 0.2) is 9.84 Å². The van der Waals surface area contributed by atoms with Crippen molar-refractivity contribution in [2.45, 2.75) is 25.5 Å². The molecule has 100 valence electrons. The largest absolute Gasteiger partial charge is 0.385 e. The highest BCUT2D eigenvalue weighted by molar-refractivity contribution is 7.91. The summed E-state index contributed by atoms with van der Waals surface area (Å²) in [7, 11) is -2.99. The SMILES string of the molecule is CC(O)(c1cccc(CN)c1)C1CCS(=O)(=O)C1. The molecule has 1 aliphatic rings. The van der Waals surface area contributed by atoms with Gasteiger partial charge in [-0.25, -0.2) is 8.42 Å². The third kappa shape index (κ3) is 2.58. The summed E-state index contributed by atoms with van der Waals surface area (Å²) in [5, 5.41) is 10.6. The molecule has 2 unspecified atom stereocenters. The highest BCUT2D eigenvalue weighted by Crippen LogP contribution is 2.36. The maximum atomic E-state index is 11.5. The number of nitrogens with two attached hydrogens (primary N) is 1. The Morgan fingerprint density at radius 3 is 2.78 bits per heavy atom. The first-order chi connectivity index (χ1) is 8.35. The van der Waals surface area contributed by atoms with Gasteiger partial charge in [0.2, 0.25) is 0 Å². The monoisotopic (exact) mass is 269 g/mol. The first-order valence-electron chi connectivity index (χ1n) is 6.07. The van der Waals surface area contributed by atoms with Gasteiger partial charge in [-0.3, -0.25) is 0 Å². The van der Waals surface area contributed by atoms with Crippen molar-refractivity contribution in [1.29, 1.82) is 0 Å². The van der Waals surface area contributed by atoms with E-state index >= 15 is 0 Å². The lowest BCUT2D eigenvalue weighted by atomic mass is 9.82. The summed E-state index contributed by atoms with van der Waals surface area (Å²) >= 11 is 0. The van der Waals surface area contributed by atoms with Crippen LogP contribution in [0.1, 0.15) is 24.5 Å². The molecule has 0 aliphatic carbocycles. The molecular weight excluding hydrogens is 250 g/mol. The number of hydrogen-bond donors (Lipinski definition) is 2. The molecule has 0 amide bonds. The van der Waals surface area contributed by atoms with Crippen LogP contribution in [0.4, 0.5) is 0 Å².